The van der Waals surface area contributed by atoms with Crippen LogP contribution in [-0.4, -0.2) is 286 Å². The number of hydrogen-bond acceptors (Lipinski definition) is 28. The van der Waals surface area contributed by atoms with Crippen LogP contribution in [0.25, 0.3) is 0 Å². The molecule has 28 heteroatoms. The highest BCUT2D eigenvalue weighted by Crippen LogP contribution is 2.38. The normalized spacial score (nSPS) is 59.7. The summed E-state index contributed by atoms with van der Waals surface area (Å²) in [5.74, 6) is 0. The average molecular weight is 1020 g/mol. The molecular formula is C42H70O28. The lowest BCUT2D eigenvalue weighted by atomic mass is 9.96. The molecule has 21 saturated heterocycles. The van der Waals surface area contributed by atoms with E-state index in [4.69, 9.17) is 66.3 Å². The largest absolute Gasteiger partial charge is 0.387 e. The van der Waals surface area contributed by atoms with Gasteiger partial charge in [0.1, 0.15) is 128 Å². The SMILES string of the molecule is CC1O[C@H]2O[C@H]3C(C)O[C@@H](O[C@H]4C(C)O[C@@H](O[C@H]5C(C)O[C@@H](O[C@H]6C(C)O[C@@H](O[C@H]7C(C)O[C@@H](O[C@H]8C(C)O[C@@H](O[C@@H]1[C@H](O)C2O)C(O)[C@H]8O)C(O)[C@H]7O)C(O)[C@H]6O)C(O)[C@H]5O)C(O)[C@H]4O)C(O)[C@H]3O. The highest BCUT2D eigenvalue weighted by molar-refractivity contribution is 5.00. The Morgan fingerprint density at radius 2 is 0.257 bits per heavy atom. The van der Waals surface area contributed by atoms with Gasteiger partial charge in [0.2, 0.25) is 0 Å². The first-order valence-corrected chi connectivity index (χ1v) is 23.6. The minimum Gasteiger partial charge on any atom is -0.387 e. The number of hydrogen-bond donors (Lipinski definition) is 14. The number of aliphatic hydroxyl groups is 14. The van der Waals surface area contributed by atoms with Crippen LogP contribution in [0.3, 0.4) is 0 Å². The van der Waals surface area contributed by atoms with Gasteiger partial charge < -0.3 is 138 Å². The Morgan fingerprint density at radius 3 is 0.357 bits per heavy atom. The first kappa shape index (κ1) is 55.1. The summed E-state index contributed by atoms with van der Waals surface area (Å²) >= 11 is 0. The van der Waals surface area contributed by atoms with E-state index >= 15 is 0 Å². The number of aliphatic hydroxyl groups excluding tert-OH is 14. The summed E-state index contributed by atoms with van der Waals surface area (Å²) in [5, 5.41) is 157. The maximum atomic E-state index is 11.3. The predicted molar refractivity (Wildman–Crippen MR) is 219 cm³/mol. The molecule has 21 aliphatic rings. The molecular weight excluding hydrogens is 952 g/mol. The molecule has 14 N–H and O–H groups in total. The molecule has 0 saturated carbocycles. The van der Waals surface area contributed by atoms with Gasteiger partial charge in [-0.3, -0.25) is 0 Å². The van der Waals surface area contributed by atoms with Gasteiger partial charge in [-0.25, -0.2) is 0 Å². The van der Waals surface area contributed by atoms with Crippen molar-refractivity contribution in [3.05, 3.63) is 0 Å². The van der Waals surface area contributed by atoms with Crippen LogP contribution in [0, 0.1) is 0 Å². The first-order chi connectivity index (χ1) is 32.9. The third-order valence-electron chi connectivity index (χ3n) is 14.5. The van der Waals surface area contributed by atoms with E-state index in [1.807, 2.05) is 0 Å². The fraction of sp³-hybridized carbons (Fsp3) is 1.00. The minimum absolute atomic E-state index is 1.14. The van der Waals surface area contributed by atoms with E-state index < -0.39 is 215 Å². The Balaban J connectivity index is 1.02. The van der Waals surface area contributed by atoms with Gasteiger partial charge in [-0.1, -0.05) is 0 Å². The Hall–Kier alpha value is -1.12. The van der Waals surface area contributed by atoms with Crippen LogP contribution < -0.4 is 0 Å². The second kappa shape index (κ2) is 21.9. The van der Waals surface area contributed by atoms with E-state index in [0.29, 0.717) is 0 Å². The van der Waals surface area contributed by atoms with Crippen molar-refractivity contribution >= 4 is 0 Å². The third kappa shape index (κ3) is 10.4. The van der Waals surface area contributed by atoms with Crippen LogP contribution in [0.1, 0.15) is 48.5 Å². The molecule has 406 valence electrons. The zero-order chi connectivity index (χ0) is 51.1. The standard InChI is InChI=1S/C42H70O28/c1-8-29-15(43)22(50)36(57-8)65-30-9(2)59-38(24(52)17(30)45)67-32-11(4)61-40(26(54)19(32)47)69-34-13(6)63-42(28(56)21(34)49)70-35-14(7)62-41(27(55)20(35)48)68-33-12(5)60-39(25(53)18(33)46)66-31-10(3)58-37(64-29)23(51)16(31)44/h8-56H,1-7H3/t8?,9?,10?,11?,12?,13?,14?,15-,16-,17-,18-,19-,20-,21-,22?,23?,24?,25?,26?,27?,28?,29+,30+,31+,32+,33+,34+,35+,36+,37+,38+,39+,40+,41+,42+/m1/s1. The monoisotopic (exact) mass is 1020 g/mol. The molecule has 0 aromatic carbocycles. The summed E-state index contributed by atoms with van der Waals surface area (Å²) in [4.78, 5) is 0. The molecule has 21 heterocycles. The van der Waals surface area contributed by atoms with Crippen LogP contribution in [0.2, 0.25) is 0 Å². The van der Waals surface area contributed by atoms with Crippen molar-refractivity contribution in [3.63, 3.8) is 0 Å². The molecule has 0 aromatic rings. The molecule has 0 spiro atoms. The Kier molecular flexibility index (Phi) is 17.2. The molecule has 21 rings (SSSR count). The molecule has 35 atom stereocenters. The van der Waals surface area contributed by atoms with Crippen LogP contribution in [-0.2, 0) is 66.3 Å². The maximum Gasteiger partial charge on any atom is 0.187 e. The first-order valence-electron chi connectivity index (χ1n) is 23.6. The van der Waals surface area contributed by atoms with Crippen molar-refractivity contribution in [2.24, 2.45) is 0 Å². The van der Waals surface area contributed by atoms with Gasteiger partial charge in [0.25, 0.3) is 0 Å². The van der Waals surface area contributed by atoms with Crippen molar-refractivity contribution in [2.75, 3.05) is 0 Å². The van der Waals surface area contributed by atoms with Gasteiger partial charge in [0, 0.05) is 0 Å². The second-order valence-corrected chi connectivity index (χ2v) is 19.5. The third-order valence-corrected chi connectivity index (χ3v) is 14.5. The van der Waals surface area contributed by atoms with Gasteiger partial charge in [0.05, 0.1) is 42.7 Å². The fourth-order valence-electron chi connectivity index (χ4n) is 10.2. The van der Waals surface area contributed by atoms with Crippen LogP contribution in [0.15, 0.2) is 0 Å². The minimum atomic E-state index is -1.89. The lowest BCUT2D eigenvalue weighted by molar-refractivity contribution is -0.390. The van der Waals surface area contributed by atoms with E-state index in [1.54, 1.807) is 0 Å². The summed E-state index contributed by atoms with van der Waals surface area (Å²) < 4.78 is 82.0. The van der Waals surface area contributed by atoms with Crippen molar-refractivity contribution in [3.8, 4) is 0 Å². The number of ether oxygens (including phenoxy) is 14. The lowest BCUT2D eigenvalue weighted by Gasteiger charge is -2.49. The molecule has 0 aromatic heterocycles. The van der Waals surface area contributed by atoms with Crippen LogP contribution in [0.4, 0.5) is 0 Å². The van der Waals surface area contributed by atoms with E-state index in [-0.39, 0.29) is 0 Å². The second-order valence-electron chi connectivity index (χ2n) is 19.5. The highest BCUT2D eigenvalue weighted by atomic mass is 16.8. The van der Waals surface area contributed by atoms with Gasteiger partial charge >= 0.3 is 0 Å². The van der Waals surface area contributed by atoms with Gasteiger partial charge in [-0.2, -0.15) is 0 Å². The van der Waals surface area contributed by atoms with Crippen LogP contribution in [0.5, 0.6) is 0 Å². The molecule has 70 heavy (non-hydrogen) atoms. The van der Waals surface area contributed by atoms with Crippen molar-refractivity contribution in [2.45, 2.75) is 263 Å². The molecule has 0 aliphatic carbocycles. The zero-order valence-corrected chi connectivity index (χ0v) is 39.2. The molecule has 28 nitrogen and oxygen atoms in total. The summed E-state index contributed by atoms with van der Waals surface area (Å²) in [6, 6.07) is 0. The highest BCUT2D eigenvalue weighted by Gasteiger charge is 2.58. The molecule has 21 aliphatic heterocycles. The summed E-state index contributed by atoms with van der Waals surface area (Å²) in [6.45, 7) is 9.99. The van der Waals surface area contributed by atoms with E-state index in [1.165, 1.54) is 48.5 Å². The Bertz CT molecular complexity index is 1370. The van der Waals surface area contributed by atoms with Crippen molar-refractivity contribution in [1.29, 1.82) is 0 Å². The lowest BCUT2D eigenvalue weighted by Crippen LogP contribution is -2.66. The Morgan fingerprint density at radius 1 is 0.157 bits per heavy atom. The molecule has 0 amide bonds. The molecule has 14 unspecified atom stereocenters. The topological polar surface area (TPSA) is 412 Å². The Labute approximate surface area is 400 Å². The fourth-order valence-corrected chi connectivity index (χ4v) is 10.2. The van der Waals surface area contributed by atoms with Crippen molar-refractivity contribution < 1.29 is 138 Å². The molecule has 0 radical (unpaired) electrons. The van der Waals surface area contributed by atoms with E-state index in [0.717, 1.165) is 0 Å². The number of rotatable bonds is 0. The van der Waals surface area contributed by atoms with E-state index in [2.05, 4.69) is 0 Å². The van der Waals surface area contributed by atoms with E-state index in [9.17, 15) is 71.5 Å². The smallest absolute Gasteiger partial charge is 0.187 e. The zero-order valence-electron chi connectivity index (χ0n) is 39.2. The summed E-state index contributed by atoms with van der Waals surface area (Å²) in [7, 11) is 0. The molecule has 14 bridgehead atoms. The predicted octanol–water partition coefficient (Wildman–Crippen LogP) is -8.04. The van der Waals surface area contributed by atoms with Gasteiger partial charge in [0.15, 0.2) is 44.0 Å². The average Bonchev–Trinajstić information content (AvgIpc) is 3.31. The quantitative estimate of drug-likeness (QED) is 0.107. The summed E-state index contributed by atoms with van der Waals surface area (Å²) in [5.41, 5.74) is 0. The summed E-state index contributed by atoms with van der Waals surface area (Å²) in [6.07, 6.45) is -55.6. The van der Waals surface area contributed by atoms with Crippen molar-refractivity contribution in [1.82, 2.24) is 0 Å². The van der Waals surface area contributed by atoms with Crippen LogP contribution >= 0.6 is 0 Å². The van der Waals surface area contributed by atoms with Gasteiger partial charge in [-0.05, 0) is 48.5 Å². The van der Waals surface area contributed by atoms with Gasteiger partial charge in [-0.15, -0.1) is 0 Å². The maximum absolute atomic E-state index is 11.3. The molecule has 21 fully saturated rings.